The van der Waals surface area contributed by atoms with Crippen molar-refractivity contribution in [1.29, 1.82) is 0 Å². The van der Waals surface area contributed by atoms with Gasteiger partial charge in [-0.25, -0.2) is 9.97 Å². The molecule has 6 heteroatoms. The molecule has 0 radical (unpaired) electrons. The molecule has 0 amide bonds. The monoisotopic (exact) mass is 304 g/mol. The first kappa shape index (κ1) is 14.1. The van der Waals surface area contributed by atoms with Crippen molar-refractivity contribution >= 4 is 17.5 Å². The topological polar surface area (TPSA) is 52.5 Å². The molecule has 2 aromatic rings. The van der Waals surface area contributed by atoms with E-state index in [0.717, 1.165) is 37.7 Å². The summed E-state index contributed by atoms with van der Waals surface area (Å²) in [4.78, 5) is 13.0. The number of aromatic hydroxyl groups is 1. The van der Waals surface area contributed by atoms with Gasteiger partial charge in [0.25, 0.3) is 0 Å². The van der Waals surface area contributed by atoms with Crippen LogP contribution in [0.25, 0.3) is 0 Å². The quantitative estimate of drug-likeness (QED) is 0.942. The molecule has 1 N–H and O–H groups in total. The average Bonchev–Trinajstić information content (AvgIpc) is 2.53. The van der Waals surface area contributed by atoms with Crippen LogP contribution in [0.1, 0.15) is 5.56 Å². The second kappa shape index (κ2) is 6.28. The zero-order chi connectivity index (χ0) is 14.7. The molecule has 0 aliphatic carbocycles. The van der Waals surface area contributed by atoms with Crippen LogP contribution < -0.4 is 4.90 Å². The second-order valence-electron chi connectivity index (χ2n) is 5.09. The highest BCUT2D eigenvalue weighted by Crippen LogP contribution is 2.23. The maximum absolute atomic E-state index is 9.88. The maximum Gasteiger partial charge on any atom is 0.225 e. The number of anilines is 1. The number of phenols is 1. The van der Waals surface area contributed by atoms with Crippen LogP contribution in [0.4, 0.5) is 5.95 Å². The minimum Gasteiger partial charge on any atom is -0.508 e. The molecule has 21 heavy (non-hydrogen) atoms. The van der Waals surface area contributed by atoms with Gasteiger partial charge in [0, 0.05) is 55.7 Å². The Morgan fingerprint density at radius 2 is 1.81 bits per heavy atom. The normalized spacial score (nSPS) is 16.1. The molecule has 3 rings (SSSR count). The van der Waals surface area contributed by atoms with Gasteiger partial charge in [0.05, 0.1) is 0 Å². The standard InChI is InChI=1S/C15H17ClN4O/c16-13-2-3-14(21)12(10-13)11-19-6-8-20(9-7-19)15-17-4-1-5-18-15/h1-5,10,21H,6-9,11H2. The predicted molar refractivity (Wildman–Crippen MR) is 82.6 cm³/mol. The van der Waals surface area contributed by atoms with Gasteiger partial charge in [-0.3, -0.25) is 4.90 Å². The molecule has 0 saturated carbocycles. The Hall–Kier alpha value is -1.85. The lowest BCUT2D eigenvalue weighted by Gasteiger charge is -2.34. The van der Waals surface area contributed by atoms with Crippen molar-refractivity contribution in [3.8, 4) is 5.75 Å². The van der Waals surface area contributed by atoms with Gasteiger partial charge < -0.3 is 10.0 Å². The van der Waals surface area contributed by atoms with Gasteiger partial charge in [0.15, 0.2) is 0 Å². The van der Waals surface area contributed by atoms with E-state index in [1.807, 2.05) is 12.1 Å². The van der Waals surface area contributed by atoms with Crippen LogP contribution in [0, 0.1) is 0 Å². The number of benzene rings is 1. The molecule has 0 bridgehead atoms. The molecule has 1 aliphatic heterocycles. The number of rotatable bonds is 3. The number of nitrogens with zero attached hydrogens (tertiary/aromatic N) is 4. The number of hydrogen-bond acceptors (Lipinski definition) is 5. The lowest BCUT2D eigenvalue weighted by molar-refractivity contribution is 0.245. The lowest BCUT2D eigenvalue weighted by Crippen LogP contribution is -2.46. The number of aromatic nitrogens is 2. The van der Waals surface area contributed by atoms with E-state index in [1.165, 1.54) is 0 Å². The fraction of sp³-hybridized carbons (Fsp3) is 0.333. The SMILES string of the molecule is Oc1ccc(Cl)cc1CN1CCN(c2ncccn2)CC1. The van der Waals surface area contributed by atoms with E-state index in [9.17, 15) is 5.11 Å². The molecular formula is C15H17ClN4O. The Morgan fingerprint density at radius 3 is 2.52 bits per heavy atom. The first-order chi connectivity index (χ1) is 10.2. The Kier molecular flexibility index (Phi) is 4.22. The maximum atomic E-state index is 9.88. The first-order valence-corrected chi connectivity index (χ1v) is 7.32. The summed E-state index contributed by atoms with van der Waals surface area (Å²) in [6.07, 6.45) is 3.53. The van der Waals surface area contributed by atoms with E-state index in [2.05, 4.69) is 19.8 Å². The van der Waals surface area contributed by atoms with Crippen LogP contribution in [0.15, 0.2) is 36.7 Å². The number of phenolic OH excluding ortho intramolecular Hbond substituents is 1. The second-order valence-corrected chi connectivity index (χ2v) is 5.52. The van der Waals surface area contributed by atoms with Crippen molar-refractivity contribution in [3.63, 3.8) is 0 Å². The van der Waals surface area contributed by atoms with Gasteiger partial charge in [-0.2, -0.15) is 0 Å². The van der Waals surface area contributed by atoms with Crippen LogP contribution in [0.2, 0.25) is 5.02 Å². The highest BCUT2D eigenvalue weighted by molar-refractivity contribution is 6.30. The average molecular weight is 305 g/mol. The fourth-order valence-corrected chi connectivity index (χ4v) is 2.68. The summed E-state index contributed by atoms with van der Waals surface area (Å²) in [5, 5.41) is 10.5. The van der Waals surface area contributed by atoms with Gasteiger partial charge in [0.2, 0.25) is 5.95 Å². The van der Waals surface area contributed by atoms with E-state index in [0.29, 0.717) is 17.3 Å². The molecule has 0 atom stereocenters. The van der Waals surface area contributed by atoms with Crippen molar-refractivity contribution in [2.75, 3.05) is 31.1 Å². The summed E-state index contributed by atoms with van der Waals surface area (Å²) in [6, 6.07) is 6.99. The summed E-state index contributed by atoms with van der Waals surface area (Å²) >= 11 is 5.98. The van der Waals surface area contributed by atoms with Gasteiger partial charge in [-0.15, -0.1) is 0 Å². The minimum absolute atomic E-state index is 0.299. The summed E-state index contributed by atoms with van der Waals surface area (Å²) < 4.78 is 0. The van der Waals surface area contributed by atoms with Crippen LogP contribution in [0.5, 0.6) is 5.75 Å². The smallest absolute Gasteiger partial charge is 0.225 e. The summed E-state index contributed by atoms with van der Waals surface area (Å²) in [7, 11) is 0. The molecule has 5 nitrogen and oxygen atoms in total. The Labute approximate surface area is 128 Å². The Balaban J connectivity index is 1.60. The first-order valence-electron chi connectivity index (χ1n) is 6.94. The third-order valence-electron chi connectivity index (χ3n) is 3.64. The van der Waals surface area contributed by atoms with Gasteiger partial charge in [-0.1, -0.05) is 11.6 Å². The van der Waals surface area contributed by atoms with Crippen molar-refractivity contribution in [2.24, 2.45) is 0 Å². The van der Waals surface area contributed by atoms with E-state index in [1.54, 1.807) is 24.5 Å². The molecule has 1 aromatic carbocycles. The van der Waals surface area contributed by atoms with Gasteiger partial charge in [-0.05, 0) is 24.3 Å². The molecule has 1 aromatic heterocycles. The van der Waals surface area contributed by atoms with Crippen LogP contribution >= 0.6 is 11.6 Å². The van der Waals surface area contributed by atoms with Gasteiger partial charge in [0.1, 0.15) is 5.75 Å². The number of piperazine rings is 1. The van der Waals surface area contributed by atoms with Gasteiger partial charge >= 0.3 is 0 Å². The molecular weight excluding hydrogens is 288 g/mol. The number of hydrogen-bond donors (Lipinski definition) is 1. The summed E-state index contributed by atoms with van der Waals surface area (Å²) in [5.41, 5.74) is 0.868. The van der Waals surface area contributed by atoms with E-state index in [4.69, 9.17) is 11.6 Å². The van der Waals surface area contributed by atoms with Crippen LogP contribution in [0.3, 0.4) is 0 Å². The van der Waals surface area contributed by atoms with Crippen molar-refractivity contribution in [2.45, 2.75) is 6.54 Å². The third-order valence-corrected chi connectivity index (χ3v) is 3.88. The molecule has 110 valence electrons. The largest absolute Gasteiger partial charge is 0.508 e. The lowest BCUT2D eigenvalue weighted by atomic mass is 10.1. The van der Waals surface area contributed by atoms with Crippen molar-refractivity contribution in [1.82, 2.24) is 14.9 Å². The molecule has 1 aliphatic rings. The van der Waals surface area contributed by atoms with E-state index >= 15 is 0 Å². The molecule has 0 unspecified atom stereocenters. The zero-order valence-corrected chi connectivity index (χ0v) is 12.4. The summed E-state index contributed by atoms with van der Waals surface area (Å²) in [5.74, 6) is 1.08. The molecule has 0 spiro atoms. The fourth-order valence-electron chi connectivity index (χ4n) is 2.48. The predicted octanol–water partition coefficient (Wildman–Crippen LogP) is 2.16. The Morgan fingerprint density at radius 1 is 1.10 bits per heavy atom. The highest BCUT2D eigenvalue weighted by atomic mass is 35.5. The van der Waals surface area contributed by atoms with Crippen molar-refractivity contribution < 1.29 is 5.11 Å². The van der Waals surface area contributed by atoms with E-state index < -0.39 is 0 Å². The minimum atomic E-state index is 0.299. The zero-order valence-electron chi connectivity index (χ0n) is 11.6. The van der Waals surface area contributed by atoms with E-state index in [-0.39, 0.29) is 0 Å². The van der Waals surface area contributed by atoms with Crippen LogP contribution in [-0.2, 0) is 6.54 Å². The molecule has 1 fully saturated rings. The van der Waals surface area contributed by atoms with Crippen molar-refractivity contribution in [3.05, 3.63) is 47.2 Å². The summed E-state index contributed by atoms with van der Waals surface area (Å²) in [6.45, 7) is 4.28. The Bertz CT molecular complexity index is 600. The van der Waals surface area contributed by atoms with Crippen LogP contribution in [-0.4, -0.2) is 46.2 Å². The third kappa shape index (κ3) is 3.43. The number of halogens is 1. The highest BCUT2D eigenvalue weighted by Gasteiger charge is 2.19. The molecule has 2 heterocycles. The molecule has 1 saturated heterocycles.